The molecule has 386 valence electrons. The first-order chi connectivity index (χ1) is 31.0. The second kappa shape index (κ2) is 39.9. The molecule has 0 spiro atoms. The summed E-state index contributed by atoms with van der Waals surface area (Å²) >= 11 is 0. The number of carbonyl (C=O) groups is 3. The minimum atomic E-state index is -0.535. The molecule has 0 aliphatic rings. The number of likely N-dealkylation sites (N-methyl/N-ethyl adjacent to an activating group) is 2. The van der Waals surface area contributed by atoms with Gasteiger partial charge in [-0.3, -0.25) is 14.4 Å². The molecule has 0 aromatic carbocycles. The average Bonchev–Trinajstić information content (AvgIpc) is 3.26. The van der Waals surface area contributed by atoms with Crippen LogP contribution in [0.3, 0.4) is 0 Å². The third-order valence-electron chi connectivity index (χ3n) is 11.1. The van der Waals surface area contributed by atoms with Crippen LogP contribution in [0.5, 0.6) is 0 Å². The van der Waals surface area contributed by atoms with Crippen LogP contribution in [-0.2, 0) is 42.8 Å². The quantitative estimate of drug-likeness (QED) is 0.0398. The highest BCUT2D eigenvalue weighted by Gasteiger charge is 2.30. The number of unbranched alkanes of at least 4 members (excludes halogenated alkanes) is 3. The molecule has 0 saturated heterocycles. The summed E-state index contributed by atoms with van der Waals surface area (Å²) in [6.45, 7) is 19.1. The lowest BCUT2D eigenvalue weighted by molar-refractivity contribution is -0.146. The Morgan fingerprint density at radius 1 is 0.554 bits per heavy atom. The van der Waals surface area contributed by atoms with Gasteiger partial charge in [0.1, 0.15) is 0 Å². The number of carbonyl (C=O) groups excluding carboxylic acids is 3. The van der Waals surface area contributed by atoms with Crippen molar-refractivity contribution in [3.05, 3.63) is 0 Å². The van der Waals surface area contributed by atoms with E-state index in [4.69, 9.17) is 39.9 Å². The third kappa shape index (κ3) is 35.7. The maximum Gasteiger partial charge on any atom is 0.237 e. The van der Waals surface area contributed by atoms with Gasteiger partial charge in [-0.25, -0.2) is 0 Å². The second-order valence-corrected chi connectivity index (χ2v) is 18.3. The lowest BCUT2D eigenvalue weighted by Crippen LogP contribution is -2.43. The van der Waals surface area contributed by atoms with E-state index in [1.54, 1.807) is 7.05 Å². The van der Waals surface area contributed by atoms with Crippen molar-refractivity contribution in [1.82, 2.24) is 37.2 Å². The molecule has 6 unspecified atom stereocenters. The standard InChI is InChI=1S/C47H99N9O9/c1-37(20-29-60-32-26-54-43(57)40(49)17-12-15-24-50-7)64-39(36-63-46(3,4)22-31-62-34-28-56-45(59)42(53-10)19-13-16-25-51-8)35-47(5,6)65-38(2)21-30-61-33-27-55-44(58)41(52-9)18-11-14-23-48/h37-42,50-53H,11-36,48-49H2,1-10H3,(H,54,57)(H,55,58)(H,56,59). The lowest BCUT2D eigenvalue weighted by Gasteiger charge is -2.35. The predicted molar refractivity (Wildman–Crippen MR) is 261 cm³/mol. The molecule has 6 atom stereocenters. The van der Waals surface area contributed by atoms with Crippen molar-refractivity contribution in [3.63, 3.8) is 0 Å². The first-order valence-corrected chi connectivity index (χ1v) is 24.7. The molecule has 0 fully saturated rings. The molecule has 0 aliphatic heterocycles. The van der Waals surface area contributed by atoms with Crippen molar-refractivity contribution in [2.45, 2.75) is 173 Å². The Labute approximate surface area is 394 Å². The van der Waals surface area contributed by atoms with Crippen LogP contribution in [-0.4, -0.2) is 179 Å². The number of rotatable bonds is 46. The molecular formula is C47H99N9O9. The fourth-order valence-electron chi connectivity index (χ4n) is 7.13. The van der Waals surface area contributed by atoms with E-state index in [0.717, 1.165) is 64.5 Å². The van der Waals surface area contributed by atoms with Gasteiger partial charge in [0, 0.05) is 45.9 Å². The zero-order valence-electron chi connectivity index (χ0n) is 42.7. The highest BCUT2D eigenvalue weighted by molar-refractivity contribution is 5.82. The van der Waals surface area contributed by atoms with Crippen molar-refractivity contribution in [1.29, 1.82) is 0 Å². The Morgan fingerprint density at radius 2 is 1.03 bits per heavy atom. The monoisotopic (exact) mass is 934 g/mol. The molecule has 18 heteroatoms. The first-order valence-electron chi connectivity index (χ1n) is 24.7. The van der Waals surface area contributed by atoms with E-state index in [-0.39, 0.29) is 48.1 Å². The van der Waals surface area contributed by atoms with Crippen LogP contribution in [0.15, 0.2) is 0 Å². The van der Waals surface area contributed by atoms with Crippen LogP contribution in [0.1, 0.15) is 125 Å². The third-order valence-corrected chi connectivity index (χ3v) is 11.1. The largest absolute Gasteiger partial charge is 0.380 e. The molecule has 11 N–H and O–H groups in total. The van der Waals surface area contributed by atoms with Crippen LogP contribution in [0, 0.1) is 0 Å². The minimum absolute atomic E-state index is 0.00703. The van der Waals surface area contributed by atoms with Gasteiger partial charge in [0.05, 0.1) is 74.1 Å². The van der Waals surface area contributed by atoms with Crippen molar-refractivity contribution in [2.24, 2.45) is 11.5 Å². The molecule has 0 aromatic heterocycles. The van der Waals surface area contributed by atoms with Gasteiger partial charge < -0.3 is 77.1 Å². The average molecular weight is 934 g/mol. The van der Waals surface area contributed by atoms with Gasteiger partial charge >= 0.3 is 0 Å². The van der Waals surface area contributed by atoms with Gasteiger partial charge in [0.2, 0.25) is 17.7 Å². The van der Waals surface area contributed by atoms with Gasteiger partial charge in [-0.15, -0.1) is 0 Å². The number of hydrogen-bond acceptors (Lipinski definition) is 15. The molecule has 65 heavy (non-hydrogen) atoms. The van der Waals surface area contributed by atoms with Crippen LogP contribution in [0.2, 0.25) is 0 Å². The Balaban J connectivity index is 5.08. The summed E-state index contributed by atoms with van der Waals surface area (Å²) in [7, 11) is 7.46. The first kappa shape index (κ1) is 62.9. The molecular weight excluding hydrogens is 835 g/mol. The van der Waals surface area contributed by atoms with Gasteiger partial charge in [0.25, 0.3) is 0 Å². The van der Waals surface area contributed by atoms with E-state index in [9.17, 15) is 14.4 Å². The summed E-state index contributed by atoms with van der Waals surface area (Å²) < 4.78 is 37.3. The smallest absolute Gasteiger partial charge is 0.237 e. The van der Waals surface area contributed by atoms with Gasteiger partial charge in [0.15, 0.2) is 0 Å². The molecule has 0 rings (SSSR count). The molecule has 0 saturated carbocycles. The van der Waals surface area contributed by atoms with Crippen molar-refractivity contribution >= 4 is 17.7 Å². The lowest BCUT2D eigenvalue weighted by atomic mass is 9.99. The molecule has 0 bridgehead atoms. The Hall–Kier alpha value is -2.07. The summed E-state index contributed by atoms with van der Waals surface area (Å²) in [5.74, 6) is -0.185. The van der Waals surface area contributed by atoms with Crippen LogP contribution >= 0.6 is 0 Å². The molecule has 3 amide bonds. The Kier molecular flexibility index (Phi) is 38.6. The van der Waals surface area contributed by atoms with E-state index in [1.165, 1.54) is 0 Å². The zero-order chi connectivity index (χ0) is 48.8. The number of ether oxygens (including phenoxy) is 6. The SMILES string of the molecule is CNCCCCC(N)C(=O)NCCOCCC(C)OC(COC(C)(C)CCOCCNC(=O)C(CCCCNC)NC)CC(C)(C)OC(C)CCOCCNC(=O)C(CCCCN)NC. The molecule has 0 heterocycles. The highest BCUT2D eigenvalue weighted by Crippen LogP contribution is 2.25. The second-order valence-electron chi connectivity index (χ2n) is 18.3. The van der Waals surface area contributed by atoms with Crippen molar-refractivity contribution < 1.29 is 42.8 Å². The van der Waals surface area contributed by atoms with Crippen LogP contribution < -0.4 is 48.7 Å². The molecule has 0 aromatic rings. The van der Waals surface area contributed by atoms with Gasteiger partial charge in [-0.1, -0.05) is 19.3 Å². The summed E-state index contributed by atoms with van der Waals surface area (Å²) in [5.41, 5.74) is 10.6. The number of nitrogens with one attached hydrogen (secondary N) is 7. The van der Waals surface area contributed by atoms with E-state index in [2.05, 4.69) is 51.1 Å². The predicted octanol–water partition coefficient (Wildman–Crippen LogP) is 2.11. The minimum Gasteiger partial charge on any atom is -0.380 e. The maximum atomic E-state index is 12.6. The van der Waals surface area contributed by atoms with E-state index in [0.29, 0.717) is 105 Å². The molecule has 18 nitrogen and oxygen atoms in total. The topological polar surface area (TPSA) is 243 Å². The van der Waals surface area contributed by atoms with Crippen LogP contribution in [0.25, 0.3) is 0 Å². The number of amides is 3. The summed E-state index contributed by atoms with van der Waals surface area (Å²) in [6.07, 6.45) is 10.00. The Morgan fingerprint density at radius 3 is 1.54 bits per heavy atom. The fourth-order valence-corrected chi connectivity index (χ4v) is 7.13. The van der Waals surface area contributed by atoms with Crippen LogP contribution in [0.4, 0.5) is 0 Å². The normalized spacial score (nSPS) is 15.0. The summed E-state index contributed by atoms with van der Waals surface area (Å²) in [4.78, 5) is 37.5. The van der Waals surface area contributed by atoms with Crippen molar-refractivity contribution in [3.8, 4) is 0 Å². The highest BCUT2D eigenvalue weighted by atomic mass is 16.6. The fraction of sp³-hybridized carbons (Fsp3) is 0.936. The van der Waals surface area contributed by atoms with Gasteiger partial charge in [-0.05, 0) is 147 Å². The van der Waals surface area contributed by atoms with Crippen molar-refractivity contribution in [2.75, 3.05) is 114 Å². The van der Waals surface area contributed by atoms with E-state index < -0.39 is 17.2 Å². The summed E-state index contributed by atoms with van der Waals surface area (Å²) in [6, 6.07) is -0.960. The van der Waals surface area contributed by atoms with E-state index in [1.807, 2.05) is 48.8 Å². The molecule has 0 aliphatic carbocycles. The number of nitrogens with two attached hydrogens (primary N) is 2. The summed E-state index contributed by atoms with van der Waals surface area (Å²) in [5, 5.41) is 21.2. The molecule has 0 radical (unpaired) electrons. The Bertz CT molecular complexity index is 1170. The van der Waals surface area contributed by atoms with E-state index >= 15 is 0 Å². The maximum absolute atomic E-state index is 12.6. The zero-order valence-corrected chi connectivity index (χ0v) is 42.7. The van der Waals surface area contributed by atoms with Gasteiger partial charge in [-0.2, -0.15) is 0 Å². The number of hydrogen-bond donors (Lipinski definition) is 9.